The van der Waals surface area contributed by atoms with Gasteiger partial charge in [-0.1, -0.05) is 170 Å². The van der Waals surface area contributed by atoms with Gasteiger partial charge >= 0.3 is 0 Å². The Balaban J connectivity index is 1.18. The largest absolute Gasteiger partial charge is 0.256 e. The van der Waals surface area contributed by atoms with Gasteiger partial charge in [-0.2, -0.15) is 0 Å². The first-order chi connectivity index (χ1) is 26.8. The third kappa shape index (κ3) is 4.74. The highest BCUT2D eigenvalue weighted by Crippen LogP contribution is 2.46. The van der Waals surface area contributed by atoms with Gasteiger partial charge in [-0.25, -0.2) is 4.98 Å². The van der Waals surface area contributed by atoms with E-state index in [4.69, 9.17) is 9.97 Å². The van der Waals surface area contributed by atoms with Crippen molar-refractivity contribution < 1.29 is 0 Å². The van der Waals surface area contributed by atoms with Crippen molar-refractivity contribution in [1.82, 2.24) is 9.97 Å². The maximum absolute atomic E-state index is 5.45. The summed E-state index contributed by atoms with van der Waals surface area (Å²) in [4.78, 5) is 10.2. The first-order valence-electron chi connectivity index (χ1n) is 18.5. The first-order valence-corrected chi connectivity index (χ1v) is 18.5. The summed E-state index contributed by atoms with van der Waals surface area (Å²) in [6.45, 7) is 0. The number of benzene rings is 9. The van der Waals surface area contributed by atoms with Crippen LogP contribution in [0.25, 0.3) is 110 Å². The van der Waals surface area contributed by atoms with Crippen molar-refractivity contribution in [1.29, 1.82) is 0 Å². The Morgan fingerprint density at radius 3 is 1.67 bits per heavy atom. The lowest BCUT2D eigenvalue weighted by atomic mass is 9.85. The highest BCUT2D eigenvalue weighted by molar-refractivity contribution is 6.25. The van der Waals surface area contributed by atoms with E-state index in [1.54, 1.807) is 0 Å². The van der Waals surface area contributed by atoms with Gasteiger partial charge in [0.2, 0.25) is 0 Å². The third-order valence-corrected chi connectivity index (χ3v) is 11.0. The summed E-state index contributed by atoms with van der Waals surface area (Å²) in [5.41, 5.74) is 11.2. The zero-order chi connectivity index (χ0) is 35.6. The number of nitrogens with zero attached hydrogens (tertiary/aromatic N) is 2. The van der Waals surface area contributed by atoms with E-state index in [0.717, 1.165) is 49.8 Å². The van der Waals surface area contributed by atoms with Crippen molar-refractivity contribution in [2.75, 3.05) is 0 Å². The van der Waals surface area contributed by atoms with Gasteiger partial charge in [0, 0.05) is 38.9 Å². The minimum Gasteiger partial charge on any atom is -0.256 e. The average Bonchev–Trinajstić information content (AvgIpc) is 3.25. The molecule has 9 aromatic carbocycles. The van der Waals surface area contributed by atoms with Crippen LogP contribution in [-0.4, -0.2) is 9.97 Å². The fraction of sp³-hybridized carbons (Fsp3) is 0. The minimum atomic E-state index is 0.990. The summed E-state index contributed by atoms with van der Waals surface area (Å²) in [7, 11) is 0. The molecule has 0 saturated carbocycles. The topological polar surface area (TPSA) is 25.8 Å². The van der Waals surface area contributed by atoms with Gasteiger partial charge in [0.1, 0.15) is 0 Å². The molecule has 2 aromatic heterocycles. The van der Waals surface area contributed by atoms with Crippen LogP contribution in [0.15, 0.2) is 194 Å². The van der Waals surface area contributed by atoms with Gasteiger partial charge in [0.15, 0.2) is 0 Å². The van der Waals surface area contributed by atoms with Gasteiger partial charge in [-0.05, 0) is 78.3 Å². The zero-order valence-electron chi connectivity index (χ0n) is 29.4. The molecule has 0 aliphatic rings. The first kappa shape index (κ1) is 30.5. The SMILES string of the molecule is c1ccc(-c2nc3cc(-c4c5ccccc5c(-c5cccc(-c6cccc7cccnc67)c5)c5ccccc45)ccc3c3c2ccc2ccccc23)cc1. The van der Waals surface area contributed by atoms with E-state index in [1.165, 1.54) is 59.8 Å². The summed E-state index contributed by atoms with van der Waals surface area (Å²) >= 11 is 0. The number of hydrogen-bond donors (Lipinski definition) is 0. The van der Waals surface area contributed by atoms with E-state index in [1.807, 2.05) is 12.3 Å². The van der Waals surface area contributed by atoms with E-state index in [9.17, 15) is 0 Å². The molecule has 2 heteroatoms. The molecule has 0 fully saturated rings. The van der Waals surface area contributed by atoms with Gasteiger partial charge in [-0.15, -0.1) is 0 Å². The number of aromatic nitrogens is 2. The fourth-order valence-corrected chi connectivity index (χ4v) is 8.68. The van der Waals surface area contributed by atoms with Crippen LogP contribution in [0.4, 0.5) is 0 Å². The molecule has 0 unspecified atom stereocenters. The lowest BCUT2D eigenvalue weighted by Crippen LogP contribution is -1.93. The molecule has 54 heavy (non-hydrogen) atoms. The predicted molar refractivity (Wildman–Crippen MR) is 229 cm³/mol. The average molecular weight is 685 g/mol. The summed E-state index contributed by atoms with van der Waals surface area (Å²) in [5.74, 6) is 0. The summed E-state index contributed by atoms with van der Waals surface area (Å²) in [6, 6.07) is 67.9. The van der Waals surface area contributed by atoms with E-state index >= 15 is 0 Å². The van der Waals surface area contributed by atoms with Crippen LogP contribution in [0, 0.1) is 0 Å². The number of fused-ring (bicyclic) bond motifs is 8. The highest BCUT2D eigenvalue weighted by Gasteiger charge is 2.19. The predicted octanol–water partition coefficient (Wildman–Crippen LogP) is 14.1. The number of para-hydroxylation sites is 1. The Bertz CT molecular complexity index is 3210. The Hall–Kier alpha value is -7.16. The molecule has 2 nitrogen and oxygen atoms in total. The summed E-state index contributed by atoms with van der Waals surface area (Å²) in [6.07, 6.45) is 1.88. The molecule has 11 aromatic rings. The van der Waals surface area contributed by atoms with Crippen LogP contribution < -0.4 is 0 Å². The molecular weight excluding hydrogens is 653 g/mol. The molecule has 0 N–H and O–H groups in total. The van der Waals surface area contributed by atoms with E-state index in [2.05, 4.69) is 182 Å². The standard InChI is InChI=1S/C52H32N2/c1-2-14-35(15-3-1)52-46-29-26-33-13-4-5-20-39(33)50(46)45-28-27-38(32-47(45)54-52)49-43-23-8-6-21-41(43)48(42-22-7-9-24-44(42)49)37-18-10-17-36(31-37)40-25-11-16-34-19-12-30-53-51(34)40/h1-32H. The molecule has 0 bridgehead atoms. The molecule has 0 saturated heterocycles. The second kappa shape index (κ2) is 12.2. The van der Waals surface area contributed by atoms with Gasteiger partial charge in [0.25, 0.3) is 0 Å². The monoisotopic (exact) mass is 684 g/mol. The third-order valence-electron chi connectivity index (χ3n) is 11.0. The lowest BCUT2D eigenvalue weighted by Gasteiger charge is -2.19. The van der Waals surface area contributed by atoms with Crippen LogP contribution in [0.1, 0.15) is 0 Å². The molecule has 0 aliphatic heterocycles. The van der Waals surface area contributed by atoms with Crippen LogP contribution >= 0.6 is 0 Å². The van der Waals surface area contributed by atoms with Crippen molar-refractivity contribution in [2.45, 2.75) is 0 Å². The van der Waals surface area contributed by atoms with Gasteiger partial charge in [0.05, 0.1) is 16.7 Å². The van der Waals surface area contributed by atoms with Crippen LogP contribution in [0.5, 0.6) is 0 Å². The second-order valence-corrected chi connectivity index (χ2v) is 14.1. The van der Waals surface area contributed by atoms with Crippen LogP contribution in [-0.2, 0) is 0 Å². The Morgan fingerprint density at radius 1 is 0.333 bits per heavy atom. The quantitative estimate of drug-likeness (QED) is 0.136. The van der Waals surface area contributed by atoms with Gasteiger partial charge < -0.3 is 0 Å². The Morgan fingerprint density at radius 2 is 0.907 bits per heavy atom. The number of rotatable bonds is 4. The van der Waals surface area contributed by atoms with E-state index < -0.39 is 0 Å². The highest BCUT2D eigenvalue weighted by atomic mass is 14.7. The van der Waals surface area contributed by atoms with Crippen LogP contribution in [0.3, 0.4) is 0 Å². The molecule has 0 atom stereocenters. The van der Waals surface area contributed by atoms with Crippen molar-refractivity contribution >= 4 is 64.9 Å². The van der Waals surface area contributed by atoms with Crippen molar-refractivity contribution in [3.05, 3.63) is 194 Å². The second-order valence-electron chi connectivity index (χ2n) is 14.1. The summed E-state index contributed by atoms with van der Waals surface area (Å²) in [5, 5.41) is 12.1. The maximum atomic E-state index is 5.45. The number of pyridine rings is 2. The molecule has 2 heterocycles. The van der Waals surface area contributed by atoms with Crippen molar-refractivity contribution in [3.63, 3.8) is 0 Å². The zero-order valence-corrected chi connectivity index (χ0v) is 29.4. The maximum Gasteiger partial charge on any atom is 0.0788 e. The minimum absolute atomic E-state index is 0.990. The number of hydrogen-bond acceptors (Lipinski definition) is 2. The van der Waals surface area contributed by atoms with Crippen molar-refractivity contribution in [2.24, 2.45) is 0 Å². The van der Waals surface area contributed by atoms with Crippen LogP contribution in [0.2, 0.25) is 0 Å². The molecule has 0 amide bonds. The van der Waals surface area contributed by atoms with E-state index in [-0.39, 0.29) is 0 Å². The molecule has 11 rings (SSSR count). The van der Waals surface area contributed by atoms with Gasteiger partial charge in [-0.3, -0.25) is 4.98 Å². The van der Waals surface area contributed by atoms with Crippen molar-refractivity contribution in [3.8, 4) is 44.6 Å². The smallest absolute Gasteiger partial charge is 0.0788 e. The molecule has 250 valence electrons. The van der Waals surface area contributed by atoms with E-state index in [0.29, 0.717) is 0 Å². The molecule has 0 radical (unpaired) electrons. The summed E-state index contributed by atoms with van der Waals surface area (Å²) < 4.78 is 0. The normalized spacial score (nSPS) is 11.7. The Kier molecular flexibility index (Phi) is 6.90. The Labute approximate surface area is 312 Å². The lowest BCUT2D eigenvalue weighted by molar-refractivity contribution is 1.41. The molecule has 0 spiro atoms. The molecular formula is C52H32N2. The molecule has 0 aliphatic carbocycles. The fourth-order valence-electron chi connectivity index (χ4n) is 8.68.